The van der Waals surface area contributed by atoms with E-state index in [0.717, 1.165) is 55.4 Å². The summed E-state index contributed by atoms with van der Waals surface area (Å²) in [5, 5.41) is 1.74. The number of hydrogen-bond acceptors (Lipinski definition) is 3. The second-order valence-corrected chi connectivity index (χ2v) is 6.09. The minimum absolute atomic E-state index is 0.421. The third kappa shape index (κ3) is 2.92. The van der Waals surface area contributed by atoms with Crippen molar-refractivity contribution >= 4 is 27.5 Å². The van der Waals surface area contributed by atoms with Crippen molar-refractivity contribution in [3.05, 3.63) is 28.3 Å². The van der Waals surface area contributed by atoms with Crippen molar-refractivity contribution in [1.29, 1.82) is 0 Å². The lowest BCUT2D eigenvalue weighted by molar-refractivity contribution is -0.00240. The maximum absolute atomic E-state index is 6.21. The van der Waals surface area contributed by atoms with Crippen LogP contribution in [0.1, 0.15) is 11.1 Å². The fourth-order valence-corrected chi connectivity index (χ4v) is 3.58. The molecule has 1 atom stereocenters. The van der Waals surface area contributed by atoms with Crippen molar-refractivity contribution < 1.29 is 9.47 Å². The number of alkyl halides is 1. The van der Waals surface area contributed by atoms with Crippen molar-refractivity contribution in [2.24, 2.45) is 0 Å². The van der Waals surface area contributed by atoms with E-state index in [1.807, 2.05) is 12.1 Å². The molecule has 0 bridgehead atoms. The maximum Gasteiger partial charge on any atom is 0.127 e. The van der Waals surface area contributed by atoms with Crippen LogP contribution in [0.2, 0.25) is 5.02 Å². The number of morpholine rings is 1. The van der Waals surface area contributed by atoms with Crippen LogP contribution in [-0.4, -0.2) is 42.6 Å². The number of benzene rings is 1. The first-order valence-corrected chi connectivity index (χ1v) is 8.09. The summed E-state index contributed by atoms with van der Waals surface area (Å²) >= 11 is 9.77. The van der Waals surface area contributed by atoms with E-state index in [-0.39, 0.29) is 0 Å². The molecule has 0 N–H and O–H groups in total. The zero-order chi connectivity index (χ0) is 13.2. The van der Waals surface area contributed by atoms with Crippen LogP contribution in [0.3, 0.4) is 0 Å². The molecule has 5 heteroatoms. The molecule has 0 spiro atoms. The molecule has 1 unspecified atom stereocenters. The van der Waals surface area contributed by atoms with Gasteiger partial charge in [-0.3, -0.25) is 4.90 Å². The van der Waals surface area contributed by atoms with Gasteiger partial charge in [0.25, 0.3) is 0 Å². The molecule has 0 saturated carbocycles. The van der Waals surface area contributed by atoms with Gasteiger partial charge < -0.3 is 9.47 Å². The highest BCUT2D eigenvalue weighted by atomic mass is 79.9. The quantitative estimate of drug-likeness (QED) is 0.786. The van der Waals surface area contributed by atoms with Crippen molar-refractivity contribution in [3.8, 4) is 5.75 Å². The number of rotatable bonds is 3. The standard InChI is InChI=1S/C14H17BrClNO2/c15-7-13-9-18-4-2-17(13)8-11-6-12(16)5-10-1-3-19-14(10)11/h5-6,13H,1-4,7-9H2. The van der Waals surface area contributed by atoms with Gasteiger partial charge in [-0.2, -0.15) is 0 Å². The Balaban J connectivity index is 1.82. The molecule has 104 valence electrons. The van der Waals surface area contributed by atoms with Crippen LogP contribution in [0.25, 0.3) is 0 Å². The van der Waals surface area contributed by atoms with Crippen LogP contribution in [-0.2, 0) is 17.7 Å². The minimum Gasteiger partial charge on any atom is -0.493 e. The van der Waals surface area contributed by atoms with Gasteiger partial charge in [0, 0.05) is 41.5 Å². The predicted octanol–water partition coefficient (Wildman–Crippen LogP) is 2.87. The van der Waals surface area contributed by atoms with Gasteiger partial charge in [-0.05, 0) is 17.7 Å². The van der Waals surface area contributed by atoms with E-state index in [1.165, 1.54) is 11.1 Å². The zero-order valence-corrected chi connectivity index (χ0v) is 13.0. The summed E-state index contributed by atoms with van der Waals surface area (Å²) in [5.74, 6) is 1.05. The molecule has 2 aliphatic heterocycles. The first-order chi connectivity index (χ1) is 9.28. The van der Waals surface area contributed by atoms with E-state index in [1.54, 1.807) is 0 Å². The Kier molecular flexibility index (Phi) is 4.32. The van der Waals surface area contributed by atoms with Crippen LogP contribution in [0.5, 0.6) is 5.75 Å². The zero-order valence-electron chi connectivity index (χ0n) is 10.7. The summed E-state index contributed by atoms with van der Waals surface area (Å²) in [6.45, 7) is 4.19. The largest absolute Gasteiger partial charge is 0.493 e. The van der Waals surface area contributed by atoms with Crippen LogP contribution >= 0.6 is 27.5 Å². The van der Waals surface area contributed by atoms with Gasteiger partial charge in [0.1, 0.15) is 5.75 Å². The Bertz CT molecular complexity index is 469. The summed E-state index contributed by atoms with van der Waals surface area (Å²) in [6, 6.07) is 4.48. The average molecular weight is 347 g/mol. The summed E-state index contributed by atoms with van der Waals surface area (Å²) < 4.78 is 11.3. The highest BCUT2D eigenvalue weighted by molar-refractivity contribution is 9.09. The Morgan fingerprint density at radius 2 is 2.26 bits per heavy atom. The average Bonchev–Trinajstić information content (AvgIpc) is 2.87. The number of nitrogens with zero attached hydrogens (tertiary/aromatic N) is 1. The minimum atomic E-state index is 0.421. The lowest BCUT2D eigenvalue weighted by atomic mass is 10.1. The van der Waals surface area contributed by atoms with Crippen molar-refractivity contribution in [3.63, 3.8) is 0 Å². The summed E-state index contributed by atoms with van der Waals surface area (Å²) in [4.78, 5) is 2.44. The first kappa shape index (κ1) is 13.7. The third-order valence-corrected chi connectivity index (χ3v) is 4.69. The summed E-state index contributed by atoms with van der Waals surface area (Å²) in [7, 11) is 0. The second-order valence-electron chi connectivity index (χ2n) is 5.01. The smallest absolute Gasteiger partial charge is 0.127 e. The Labute approximate surface area is 126 Å². The molecule has 1 saturated heterocycles. The van der Waals surface area contributed by atoms with Gasteiger partial charge in [0.15, 0.2) is 0 Å². The van der Waals surface area contributed by atoms with Crippen molar-refractivity contribution in [2.45, 2.75) is 19.0 Å². The molecule has 3 rings (SSSR count). The molecule has 1 fully saturated rings. The monoisotopic (exact) mass is 345 g/mol. The molecule has 2 heterocycles. The van der Waals surface area contributed by atoms with Crippen LogP contribution in [0.15, 0.2) is 12.1 Å². The van der Waals surface area contributed by atoms with Gasteiger partial charge in [0.2, 0.25) is 0 Å². The number of hydrogen-bond donors (Lipinski definition) is 0. The highest BCUT2D eigenvalue weighted by Crippen LogP contribution is 2.34. The molecule has 0 aromatic heterocycles. The van der Waals surface area contributed by atoms with Crippen LogP contribution in [0, 0.1) is 0 Å². The van der Waals surface area contributed by atoms with E-state index in [9.17, 15) is 0 Å². The predicted molar refractivity (Wildman–Crippen MR) is 79.5 cm³/mol. The molecule has 0 aliphatic carbocycles. The molecule has 0 radical (unpaired) electrons. The Morgan fingerprint density at radius 3 is 3.11 bits per heavy atom. The number of fused-ring (bicyclic) bond motifs is 1. The van der Waals surface area contributed by atoms with E-state index < -0.39 is 0 Å². The third-order valence-electron chi connectivity index (χ3n) is 3.73. The molecule has 2 aliphatic rings. The van der Waals surface area contributed by atoms with Gasteiger partial charge in [-0.1, -0.05) is 27.5 Å². The molecule has 1 aromatic rings. The van der Waals surface area contributed by atoms with Crippen molar-refractivity contribution in [2.75, 3.05) is 31.7 Å². The lowest BCUT2D eigenvalue weighted by Gasteiger charge is -2.34. The van der Waals surface area contributed by atoms with Crippen molar-refractivity contribution in [1.82, 2.24) is 4.90 Å². The van der Waals surface area contributed by atoms with E-state index in [4.69, 9.17) is 21.1 Å². The summed E-state index contributed by atoms with van der Waals surface area (Å²) in [6.07, 6.45) is 0.966. The molecule has 0 amide bonds. The highest BCUT2D eigenvalue weighted by Gasteiger charge is 2.25. The molecule has 19 heavy (non-hydrogen) atoms. The molecule has 1 aromatic carbocycles. The number of ether oxygens (including phenoxy) is 2. The molecular weight excluding hydrogens is 330 g/mol. The summed E-state index contributed by atoms with van der Waals surface area (Å²) in [5.41, 5.74) is 2.44. The van der Waals surface area contributed by atoms with E-state index in [2.05, 4.69) is 20.8 Å². The Hall–Kier alpha value is -0.290. The van der Waals surface area contributed by atoms with Gasteiger partial charge in [-0.25, -0.2) is 0 Å². The van der Waals surface area contributed by atoms with Crippen LogP contribution in [0.4, 0.5) is 0 Å². The number of halogens is 2. The topological polar surface area (TPSA) is 21.7 Å². The van der Waals surface area contributed by atoms with Gasteiger partial charge in [0.05, 0.1) is 19.8 Å². The van der Waals surface area contributed by atoms with E-state index in [0.29, 0.717) is 6.04 Å². The van der Waals surface area contributed by atoms with Gasteiger partial charge in [-0.15, -0.1) is 0 Å². The fourth-order valence-electron chi connectivity index (χ4n) is 2.72. The first-order valence-electron chi connectivity index (χ1n) is 6.60. The second kappa shape index (κ2) is 6.00. The van der Waals surface area contributed by atoms with Crippen LogP contribution < -0.4 is 4.74 Å². The van der Waals surface area contributed by atoms with E-state index >= 15 is 0 Å². The van der Waals surface area contributed by atoms with Gasteiger partial charge >= 0.3 is 0 Å². The molecular formula is C14H17BrClNO2. The molecule has 3 nitrogen and oxygen atoms in total. The lowest BCUT2D eigenvalue weighted by Crippen LogP contribution is -2.45. The normalized spacial score (nSPS) is 23.2. The SMILES string of the molecule is Clc1cc2c(c(CN3CCOCC3CBr)c1)OCC2. The Morgan fingerprint density at radius 1 is 1.37 bits per heavy atom. The maximum atomic E-state index is 6.21. The fraction of sp³-hybridized carbons (Fsp3) is 0.571.